The number of fused-ring (bicyclic) bond motifs is 2. The summed E-state index contributed by atoms with van der Waals surface area (Å²) in [6.07, 6.45) is 21.4. The molecule has 44 heavy (non-hydrogen) atoms. The average Bonchev–Trinajstić information content (AvgIpc) is 3.83. The molecule has 1 aliphatic heterocycles. The number of unbranched alkanes of at least 4 members (excludes halogenated alkanes) is 12. The van der Waals surface area contributed by atoms with Crippen LogP contribution in [0, 0.1) is 5.92 Å². The molecule has 3 aromatic heterocycles. The molecule has 0 amide bonds. The van der Waals surface area contributed by atoms with Gasteiger partial charge in [-0.15, -0.1) is 22.7 Å². The monoisotopic (exact) mass is 777 g/mol. The number of hydrogen-bond donors (Lipinski definition) is 0. The van der Waals surface area contributed by atoms with Crippen molar-refractivity contribution in [2.75, 3.05) is 0 Å². The van der Waals surface area contributed by atoms with Crippen LogP contribution in [-0.4, -0.2) is 15.0 Å². The predicted molar refractivity (Wildman–Crippen MR) is 200 cm³/mol. The van der Waals surface area contributed by atoms with Gasteiger partial charge in [0.15, 0.2) is 0 Å². The Bertz CT molecular complexity index is 1480. The summed E-state index contributed by atoms with van der Waals surface area (Å²) in [7, 11) is 0. The van der Waals surface area contributed by atoms with Crippen molar-refractivity contribution in [3.05, 3.63) is 31.8 Å². The molecule has 1 aromatic carbocycles. The van der Waals surface area contributed by atoms with Crippen LogP contribution in [0.2, 0.25) is 0 Å². The fourth-order valence-electron chi connectivity index (χ4n) is 6.21. The largest absolute Gasteiger partial charge is 0.183 e. The highest BCUT2D eigenvalue weighted by molar-refractivity contribution is 9.11. The van der Waals surface area contributed by atoms with Crippen molar-refractivity contribution in [3.63, 3.8) is 0 Å². The Hall–Kier alpha value is -1.20. The van der Waals surface area contributed by atoms with Gasteiger partial charge in [0, 0.05) is 9.75 Å². The summed E-state index contributed by atoms with van der Waals surface area (Å²) in [6, 6.07) is 8.53. The molecular weight excluding hydrogens is 734 g/mol. The van der Waals surface area contributed by atoms with E-state index in [1.807, 2.05) is 4.80 Å². The minimum Gasteiger partial charge on any atom is -0.183 e. The molecule has 5 rings (SSSR count). The molecule has 5 nitrogen and oxygen atoms in total. The lowest BCUT2D eigenvalue weighted by molar-refractivity contribution is 0.326. The molecule has 1 unspecified atom stereocenters. The number of rotatable bonds is 20. The lowest BCUT2D eigenvalue weighted by atomic mass is 9.94. The summed E-state index contributed by atoms with van der Waals surface area (Å²) in [4.78, 5) is 4.30. The van der Waals surface area contributed by atoms with Gasteiger partial charge in [-0.25, -0.2) is 0 Å². The molecule has 0 saturated carbocycles. The van der Waals surface area contributed by atoms with E-state index in [1.54, 1.807) is 22.7 Å². The second-order valence-electron chi connectivity index (χ2n) is 12.1. The van der Waals surface area contributed by atoms with Crippen LogP contribution in [0.3, 0.4) is 0 Å². The molecule has 4 aromatic rings. The molecule has 1 atom stereocenters. The van der Waals surface area contributed by atoms with E-state index >= 15 is 0 Å². The summed E-state index contributed by atoms with van der Waals surface area (Å²) in [5.74, 6) is 0.596. The molecule has 0 aliphatic carbocycles. The highest BCUT2D eigenvalue weighted by atomic mass is 79.9. The van der Waals surface area contributed by atoms with E-state index in [0.717, 1.165) is 57.4 Å². The second-order valence-corrected chi connectivity index (χ2v) is 17.5. The summed E-state index contributed by atoms with van der Waals surface area (Å²) in [5.41, 5.74) is 5.83. The number of benzene rings is 1. The van der Waals surface area contributed by atoms with Gasteiger partial charge in [0.1, 0.15) is 22.4 Å². The molecule has 0 fully saturated rings. The van der Waals surface area contributed by atoms with E-state index in [9.17, 15) is 0 Å². The van der Waals surface area contributed by atoms with Gasteiger partial charge in [0.25, 0.3) is 0 Å². The molecule has 0 bridgehead atoms. The van der Waals surface area contributed by atoms with E-state index in [4.69, 9.17) is 18.9 Å². The smallest absolute Gasteiger partial charge is 0.124 e. The highest BCUT2D eigenvalue weighted by Gasteiger charge is 2.28. The standard InChI is InChI=1S/C34H45Br2N5S3/c1-3-5-7-9-11-12-14-16-18-24(17-15-13-10-8-6-4-2)23-41-37-31-29(25-19-21-27(35)42-25)33-34(40-44-39-33)30(32(31)38-41)26-20-22-28(36)43-26/h19-22,24H,3-18,23H2,1-2H3. The maximum atomic E-state index is 5.24. The zero-order valence-corrected chi connectivity index (χ0v) is 31.7. The minimum atomic E-state index is 0.596. The molecule has 0 spiro atoms. The van der Waals surface area contributed by atoms with Crippen LogP contribution < -0.4 is 0 Å². The molecule has 0 radical (unpaired) electrons. The first-order valence-corrected chi connectivity index (χ1v) is 20.6. The molecule has 4 heterocycles. The van der Waals surface area contributed by atoms with Crippen LogP contribution in [0.4, 0.5) is 11.4 Å². The number of thiophene rings is 2. The van der Waals surface area contributed by atoms with Gasteiger partial charge in [-0.2, -0.15) is 23.7 Å². The van der Waals surface area contributed by atoms with Gasteiger partial charge in [-0.05, 0) is 74.9 Å². The third-order valence-electron chi connectivity index (χ3n) is 8.58. The zero-order chi connectivity index (χ0) is 30.7. The molecule has 238 valence electrons. The lowest BCUT2D eigenvalue weighted by Gasteiger charge is -2.16. The van der Waals surface area contributed by atoms with Crippen LogP contribution in [0.15, 0.2) is 40.6 Å². The predicted octanol–water partition coefficient (Wildman–Crippen LogP) is 14.0. The van der Waals surface area contributed by atoms with Crippen molar-refractivity contribution in [2.45, 2.75) is 123 Å². The van der Waals surface area contributed by atoms with E-state index < -0.39 is 0 Å². The molecular formula is C34H45Br2N5S3. The molecule has 0 saturated heterocycles. The maximum Gasteiger partial charge on any atom is 0.124 e. The Kier molecular flexibility index (Phi) is 13.7. The second kappa shape index (κ2) is 17.6. The topological polar surface area (TPSA) is 55.4 Å². The van der Waals surface area contributed by atoms with E-state index in [0.29, 0.717) is 5.92 Å². The van der Waals surface area contributed by atoms with Crippen molar-refractivity contribution in [1.29, 1.82) is 0 Å². The normalized spacial score (nSPS) is 13.2. The van der Waals surface area contributed by atoms with Gasteiger partial charge in [0.05, 0.1) is 36.6 Å². The van der Waals surface area contributed by atoms with Crippen molar-refractivity contribution in [1.82, 2.24) is 15.0 Å². The fourth-order valence-corrected chi connectivity index (χ4v) is 9.64. The number of aromatic nitrogens is 3. The highest BCUT2D eigenvalue weighted by Crippen LogP contribution is 2.54. The quantitative estimate of drug-likeness (QED) is 0.0739. The Balaban J connectivity index is 1.40. The Morgan fingerprint density at radius 1 is 0.614 bits per heavy atom. The van der Waals surface area contributed by atoms with Crippen molar-refractivity contribution in [3.8, 4) is 20.9 Å². The van der Waals surface area contributed by atoms with E-state index in [-0.39, 0.29) is 0 Å². The number of hydrogen-bond acceptors (Lipinski definition) is 6. The van der Waals surface area contributed by atoms with E-state index in [1.165, 1.54) is 114 Å². The third kappa shape index (κ3) is 8.99. The summed E-state index contributed by atoms with van der Waals surface area (Å²) < 4.78 is 11.8. The van der Waals surface area contributed by atoms with Crippen LogP contribution in [0.1, 0.15) is 117 Å². The van der Waals surface area contributed by atoms with Crippen molar-refractivity contribution in [2.24, 2.45) is 14.6 Å². The fraction of sp³-hybridized carbons (Fsp3) is 0.588. The Labute approximate surface area is 291 Å². The van der Waals surface area contributed by atoms with Gasteiger partial charge in [0.2, 0.25) is 0 Å². The van der Waals surface area contributed by atoms with Gasteiger partial charge in [-0.3, -0.25) is 0 Å². The summed E-state index contributed by atoms with van der Waals surface area (Å²) >= 11 is 12.1. The van der Waals surface area contributed by atoms with Gasteiger partial charge in [-0.1, -0.05) is 104 Å². The van der Waals surface area contributed by atoms with Crippen LogP contribution >= 0.6 is 54.5 Å². The molecule has 0 N–H and O–H groups in total. The van der Waals surface area contributed by atoms with Crippen LogP contribution in [-0.2, 0) is 17.9 Å². The minimum absolute atomic E-state index is 0.596. The van der Waals surface area contributed by atoms with Crippen molar-refractivity contribution >= 4 is 88.3 Å². The first-order chi connectivity index (χ1) is 21.6. The van der Waals surface area contributed by atoms with Crippen LogP contribution in [0.25, 0.3) is 31.9 Å². The SMILES string of the molecule is CCCCCCCCCCC(CCCCCCCC)Cn1nc2c(-c3ccc(Br)s3)c3c(c(-c4ccc(Br)s4)c2n1)N=S=N3. The number of halogens is 2. The molecule has 10 heteroatoms. The van der Waals surface area contributed by atoms with Crippen LogP contribution in [0.5, 0.6) is 0 Å². The lowest BCUT2D eigenvalue weighted by Crippen LogP contribution is -2.14. The van der Waals surface area contributed by atoms with Gasteiger partial charge >= 0.3 is 0 Å². The summed E-state index contributed by atoms with van der Waals surface area (Å²) in [5, 5.41) is 10.5. The first-order valence-electron chi connectivity index (χ1n) is 16.6. The third-order valence-corrected chi connectivity index (χ3v) is 12.4. The van der Waals surface area contributed by atoms with E-state index in [2.05, 4.69) is 70.0 Å². The molecule has 1 aliphatic rings. The zero-order valence-electron chi connectivity index (χ0n) is 26.1. The Morgan fingerprint density at radius 3 is 1.45 bits per heavy atom. The first kappa shape index (κ1) is 34.1. The Morgan fingerprint density at radius 2 is 1.05 bits per heavy atom. The van der Waals surface area contributed by atoms with Gasteiger partial charge < -0.3 is 0 Å². The average molecular weight is 780 g/mol. The van der Waals surface area contributed by atoms with Crippen molar-refractivity contribution < 1.29 is 0 Å². The number of nitrogens with zero attached hydrogens (tertiary/aromatic N) is 5. The summed E-state index contributed by atoms with van der Waals surface area (Å²) in [6.45, 7) is 5.46. The maximum absolute atomic E-state index is 5.24.